The highest BCUT2D eigenvalue weighted by molar-refractivity contribution is 5.98. The smallest absolute Gasteiger partial charge is 0.258 e. The first-order chi connectivity index (χ1) is 15.0. The van der Waals surface area contributed by atoms with Crippen molar-refractivity contribution < 1.29 is 19.0 Å². The fourth-order valence-electron chi connectivity index (χ4n) is 3.91. The summed E-state index contributed by atoms with van der Waals surface area (Å²) >= 11 is 0. The zero-order chi connectivity index (χ0) is 22.0. The minimum atomic E-state index is -0.0996. The lowest BCUT2D eigenvalue weighted by atomic mass is 10.0. The van der Waals surface area contributed by atoms with Crippen LogP contribution in [0.15, 0.2) is 36.5 Å². The minimum absolute atomic E-state index is 0.0996. The molecule has 1 aliphatic heterocycles. The van der Waals surface area contributed by atoms with E-state index in [2.05, 4.69) is 10.1 Å². The standard InChI is InChI=1S/C23H26N4O4/c1-15-8-10-24-21(12-15)31-14-18-17-13-27(11-9-19(17)26(2)25-18)23(28)16-6-5-7-20(29-3)22(16)30-4/h5-8,10,12H,9,11,13-14H2,1-4H3. The number of pyridine rings is 1. The molecule has 0 aliphatic carbocycles. The normalized spacial score (nSPS) is 13.0. The minimum Gasteiger partial charge on any atom is -0.493 e. The van der Waals surface area contributed by atoms with Gasteiger partial charge in [0.05, 0.1) is 19.8 Å². The van der Waals surface area contributed by atoms with E-state index in [0.717, 1.165) is 28.9 Å². The van der Waals surface area contributed by atoms with E-state index in [0.29, 0.717) is 42.6 Å². The van der Waals surface area contributed by atoms with Crippen LogP contribution in [0.2, 0.25) is 0 Å². The molecule has 1 amide bonds. The molecule has 8 heteroatoms. The van der Waals surface area contributed by atoms with Gasteiger partial charge < -0.3 is 19.1 Å². The molecular formula is C23H26N4O4. The Labute approximate surface area is 181 Å². The summed E-state index contributed by atoms with van der Waals surface area (Å²) in [6.45, 7) is 3.35. The van der Waals surface area contributed by atoms with Crippen molar-refractivity contribution in [2.45, 2.75) is 26.5 Å². The van der Waals surface area contributed by atoms with Gasteiger partial charge in [0.25, 0.3) is 5.91 Å². The van der Waals surface area contributed by atoms with Gasteiger partial charge in [0, 0.05) is 50.1 Å². The number of amides is 1. The van der Waals surface area contributed by atoms with Crippen LogP contribution in [-0.4, -0.2) is 46.3 Å². The average Bonchev–Trinajstić information content (AvgIpc) is 3.11. The first-order valence-corrected chi connectivity index (χ1v) is 10.1. The number of aryl methyl sites for hydroxylation is 2. The Hall–Kier alpha value is -3.55. The highest BCUT2D eigenvalue weighted by Gasteiger charge is 2.29. The molecule has 0 saturated carbocycles. The number of aromatic nitrogens is 3. The zero-order valence-corrected chi connectivity index (χ0v) is 18.2. The number of carbonyl (C=O) groups excluding carboxylic acids is 1. The Morgan fingerprint density at radius 1 is 1.19 bits per heavy atom. The Morgan fingerprint density at radius 2 is 2.03 bits per heavy atom. The van der Waals surface area contributed by atoms with Crippen LogP contribution in [0, 0.1) is 6.92 Å². The number of benzene rings is 1. The highest BCUT2D eigenvalue weighted by Crippen LogP contribution is 2.33. The van der Waals surface area contributed by atoms with Crippen molar-refractivity contribution in [1.29, 1.82) is 0 Å². The maximum Gasteiger partial charge on any atom is 0.258 e. The summed E-state index contributed by atoms with van der Waals surface area (Å²) in [6, 6.07) is 9.14. The van der Waals surface area contributed by atoms with Gasteiger partial charge >= 0.3 is 0 Å². The highest BCUT2D eigenvalue weighted by atomic mass is 16.5. The lowest BCUT2D eigenvalue weighted by Gasteiger charge is -2.28. The number of carbonyl (C=O) groups is 1. The molecule has 0 saturated heterocycles. The zero-order valence-electron chi connectivity index (χ0n) is 18.2. The molecule has 1 aromatic carbocycles. The van der Waals surface area contributed by atoms with Crippen LogP contribution in [0.25, 0.3) is 0 Å². The van der Waals surface area contributed by atoms with Gasteiger partial charge in [0.1, 0.15) is 12.3 Å². The van der Waals surface area contributed by atoms with E-state index in [1.165, 1.54) is 0 Å². The van der Waals surface area contributed by atoms with E-state index < -0.39 is 0 Å². The maximum absolute atomic E-state index is 13.3. The Morgan fingerprint density at radius 3 is 2.77 bits per heavy atom. The summed E-state index contributed by atoms with van der Waals surface area (Å²) < 4.78 is 18.6. The van der Waals surface area contributed by atoms with Crippen molar-refractivity contribution in [2.75, 3.05) is 20.8 Å². The largest absolute Gasteiger partial charge is 0.493 e. The molecule has 0 spiro atoms. The van der Waals surface area contributed by atoms with Gasteiger partial charge in [-0.2, -0.15) is 5.10 Å². The number of hydrogen-bond donors (Lipinski definition) is 0. The lowest BCUT2D eigenvalue weighted by Crippen LogP contribution is -2.36. The van der Waals surface area contributed by atoms with Crippen LogP contribution >= 0.6 is 0 Å². The summed E-state index contributed by atoms with van der Waals surface area (Å²) in [6.07, 6.45) is 2.44. The molecule has 0 fully saturated rings. The van der Waals surface area contributed by atoms with Gasteiger partial charge in [0.2, 0.25) is 5.88 Å². The second-order valence-electron chi connectivity index (χ2n) is 7.47. The summed E-state index contributed by atoms with van der Waals surface area (Å²) in [4.78, 5) is 19.4. The van der Waals surface area contributed by atoms with Crippen molar-refractivity contribution >= 4 is 5.91 Å². The van der Waals surface area contributed by atoms with Crippen molar-refractivity contribution in [3.05, 3.63) is 64.6 Å². The summed E-state index contributed by atoms with van der Waals surface area (Å²) in [5.74, 6) is 1.44. The molecule has 0 atom stereocenters. The number of ether oxygens (including phenoxy) is 3. The third kappa shape index (κ3) is 4.05. The molecule has 31 heavy (non-hydrogen) atoms. The topological polar surface area (TPSA) is 78.7 Å². The molecular weight excluding hydrogens is 396 g/mol. The van der Waals surface area contributed by atoms with Gasteiger partial charge in [-0.05, 0) is 30.7 Å². The fraction of sp³-hybridized carbons (Fsp3) is 0.348. The second-order valence-corrected chi connectivity index (χ2v) is 7.47. The molecule has 0 unspecified atom stereocenters. The molecule has 2 aromatic heterocycles. The van der Waals surface area contributed by atoms with E-state index in [4.69, 9.17) is 14.2 Å². The number of rotatable bonds is 6. The number of fused-ring (bicyclic) bond motifs is 1. The van der Waals surface area contributed by atoms with Gasteiger partial charge in [-0.3, -0.25) is 9.48 Å². The van der Waals surface area contributed by atoms with E-state index in [9.17, 15) is 4.79 Å². The Bertz CT molecular complexity index is 1110. The third-order valence-corrected chi connectivity index (χ3v) is 5.49. The maximum atomic E-state index is 13.3. The van der Waals surface area contributed by atoms with Crippen molar-refractivity contribution in [3.8, 4) is 17.4 Å². The quantitative estimate of drug-likeness (QED) is 0.608. The first-order valence-electron chi connectivity index (χ1n) is 10.1. The Balaban J connectivity index is 1.56. The number of methoxy groups -OCH3 is 2. The summed E-state index contributed by atoms with van der Waals surface area (Å²) in [7, 11) is 5.03. The van der Waals surface area contributed by atoms with Crippen molar-refractivity contribution in [3.63, 3.8) is 0 Å². The predicted octanol–water partition coefficient (Wildman–Crippen LogP) is 2.92. The molecule has 0 radical (unpaired) electrons. The average molecular weight is 422 g/mol. The molecule has 0 bridgehead atoms. The number of para-hydroxylation sites is 1. The van der Waals surface area contributed by atoms with Crippen LogP contribution in [0.4, 0.5) is 0 Å². The molecule has 8 nitrogen and oxygen atoms in total. The van der Waals surface area contributed by atoms with E-state index >= 15 is 0 Å². The first kappa shape index (κ1) is 20.7. The van der Waals surface area contributed by atoms with Gasteiger partial charge in [-0.15, -0.1) is 0 Å². The van der Waals surface area contributed by atoms with Gasteiger partial charge in [-0.25, -0.2) is 4.98 Å². The number of hydrogen-bond acceptors (Lipinski definition) is 6. The molecule has 0 N–H and O–H groups in total. The Kier molecular flexibility index (Phi) is 5.79. The van der Waals surface area contributed by atoms with Gasteiger partial charge in [-0.1, -0.05) is 6.07 Å². The van der Waals surface area contributed by atoms with Crippen LogP contribution in [0.3, 0.4) is 0 Å². The predicted molar refractivity (Wildman–Crippen MR) is 115 cm³/mol. The number of nitrogens with zero attached hydrogens (tertiary/aromatic N) is 4. The van der Waals surface area contributed by atoms with Crippen molar-refractivity contribution in [1.82, 2.24) is 19.7 Å². The molecule has 4 rings (SSSR count). The molecule has 3 aromatic rings. The summed E-state index contributed by atoms with van der Waals surface area (Å²) in [5.41, 5.74) is 4.53. The molecule has 1 aliphatic rings. The van der Waals surface area contributed by atoms with Crippen molar-refractivity contribution in [2.24, 2.45) is 7.05 Å². The second kappa shape index (κ2) is 8.67. The molecule has 162 valence electrons. The SMILES string of the molecule is COc1cccc(C(=O)N2CCc3c(c(COc4cc(C)ccn4)nn3C)C2)c1OC. The van der Waals surface area contributed by atoms with E-state index in [-0.39, 0.29) is 5.91 Å². The monoisotopic (exact) mass is 422 g/mol. The van der Waals surface area contributed by atoms with Crippen LogP contribution in [0.5, 0.6) is 17.4 Å². The fourth-order valence-corrected chi connectivity index (χ4v) is 3.91. The van der Waals surface area contributed by atoms with Crippen LogP contribution < -0.4 is 14.2 Å². The van der Waals surface area contributed by atoms with E-state index in [1.54, 1.807) is 38.6 Å². The summed E-state index contributed by atoms with van der Waals surface area (Å²) in [5, 5.41) is 4.64. The van der Waals surface area contributed by atoms with Crippen LogP contribution in [0.1, 0.15) is 32.9 Å². The van der Waals surface area contributed by atoms with E-state index in [1.807, 2.05) is 35.7 Å². The molecule has 3 heterocycles. The third-order valence-electron chi connectivity index (χ3n) is 5.49. The lowest BCUT2D eigenvalue weighted by molar-refractivity contribution is 0.0728. The van der Waals surface area contributed by atoms with Crippen LogP contribution in [-0.2, 0) is 26.6 Å². The van der Waals surface area contributed by atoms with Gasteiger partial charge in [0.15, 0.2) is 11.5 Å².